The average Bonchev–Trinajstić information content (AvgIpc) is 2.89. The minimum absolute atomic E-state index is 0.0370. The number of carbonyl (C=O) groups is 4. The van der Waals surface area contributed by atoms with Crippen LogP contribution < -0.4 is 10.6 Å². The van der Waals surface area contributed by atoms with Crippen molar-refractivity contribution < 1.29 is 28.3 Å². The molecule has 2 heterocycles. The highest BCUT2D eigenvalue weighted by atomic mass is 19.1. The summed E-state index contributed by atoms with van der Waals surface area (Å²) in [6, 6.07) is 5.80. The van der Waals surface area contributed by atoms with E-state index in [1.165, 1.54) is 28.1 Å². The van der Waals surface area contributed by atoms with Crippen molar-refractivity contribution in [1.29, 1.82) is 0 Å². The van der Waals surface area contributed by atoms with Crippen molar-refractivity contribution in [3.8, 4) is 0 Å². The van der Waals surface area contributed by atoms with Crippen LogP contribution in [0.25, 0.3) is 0 Å². The quantitative estimate of drug-likeness (QED) is 0.245. The van der Waals surface area contributed by atoms with E-state index in [0.717, 1.165) is 12.1 Å². The number of amides is 4. The molecule has 0 aliphatic carbocycles. The molecule has 216 valence electrons. The number of nitrogens with zero attached hydrogens (tertiary/aromatic N) is 4. The number of piperazine rings is 1. The first-order valence-corrected chi connectivity index (χ1v) is 13.1. The Bertz CT molecular complexity index is 976. The summed E-state index contributed by atoms with van der Waals surface area (Å²) in [7, 11) is 3.55. The number of rotatable bonds is 11. The second-order valence-electron chi connectivity index (χ2n) is 9.85. The maximum absolute atomic E-state index is 13.1. The highest BCUT2D eigenvalue weighted by Crippen LogP contribution is 2.27. The smallest absolute Gasteiger partial charge is 0.407 e. The van der Waals surface area contributed by atoms with E-state index in [1.54, 1.807) is 29.1 Å². The van der Waals surface area contributed by atoms with E-state index < -0.39 is 18.3 Å². The normalized spacial score (nSPS) is 19.3. The molecular formula is C27H41FN6O5. The number of ether oxygens (including phenoxy) is 1. The van der Waals surface area contributed by atoms with Crippen LogP contribution in [0, 0.1) is 11.7 Å². The lowest BCUT2D eigenvalue weighted by atomic mass is 10.0. The molecule has 0 saturated carbocycles. The first-order valence-electron chi connectivity index (χ1n) is 13.1. The molecule has 0 spiro atoms. The fraction of sp³-hybridized carbons (Fsp3) is 0.556. The van der Waals surface area contributed by atoms with Crippen molar-refractivity contribution in [1.82, 2.24) is 30.5 Å². The van der Waals surface area contributed by atoms with Crippen LogP contribution in [0.2, 0.25) is 0 Å². The molecule has 0 aromatic heterocycles. The maximum Gasteiger partial charge on any atom is 0.407 e. The van der Waals surface area contributed by atoms with Crippen molar-refractivity contribution in [3.63, 3.8) is 0 Å². The van der Waals surface area contributed by atoms with Gasteiger partial charge in [0.1, 0.15) is 24.6 Å². The highest BCUT2D eigenvalue weighted by Gasteiger charge is 2.48. The van der Waals surface area contributed by atoms with E-state index in [9.17, 15) is 23.6 Å². The first kappa shape index (κ1) is 31.7. The third kappa shape index (κ3) is 9.32. The Balaban J connectivity index is 0.000000446. The molecule has 2 fully saturated rings. The molecule has 2 N–H and O–H groups in total. The fourth-order valence-electron chi connectivity index (χ4n) is 4.55. The van der Waals surface area contributed by atoms with Crippen molar-refractivity contribution in [3.05, 3.63) is 48.3 Å². The molecule has 0 bridgehead atoms. The molecule has 2 aliphatic rings. The summed E-state index contributed by atoms with van der Waals surface area (Å²) in [5.74, 6) is -0.224. The Hall–Kier alpha value is -3.51. The van der Waals surface area contributed by atoms with Crippen molar-refractivity contribution in [2.45, 2.75) is 45.4 Å². The molecule has 1 aromatic carbocycles. The molecule has 0 radical (unpaired) electrons. The van der Waals surface area contributed by atoms with Crippen LogP contribution in [0.4, 0.5) is 9.18 Å². The van der Waals surface area contributed by atoms with Crippen molar-refractivity contribution >= 4 is 24.3 Å². The number of likely N-dealkylation sites (N-methyl/N-ethyl adjacent to an activating group) is 1. The zero-order valence-corrected chi connectivity index (χ0v) is 23.3. The van der Waals surface area contributed by atoms with Gasteiger partial charge in [-0.1, -0.05) is 38.6 Å². The van der Waals surface area contributed by atoms with E-state index in [4.69, 9.17) is 4.74 Å². The van der Waals surface area contributed by atoms with Crippen LogP contribution in [-0.4, -0.2) is 103 Å². The zero-order valence-electron chi connectivity index (χ0n) is 23.3. The van der Waals surface area contributed by atoms with Gasteiger partial charge in [-0.2, -0.15) is 0 Å². The minimum Gasteiger partial charge on any atom is -0.445 e. The Labute approximate surface area is 229 Å². The van der Waals surface area contributed by atoms with Gasteiger partial charge in [0.15, 0.2) is 0 Å². The number of nitrogens with one attached hydrogen (secondary N) is 2. The average molecular weight is 549 g/mol. The number of hydrogen-bond acceptors (Lipinski definition) is 7. The topological polar surface area (TPSA) is 115 Å². The molecular weight excluding hydrogens is 507 g/mol. The number of hydrogen-bond donors (Lipinski definition) is 2. The fourth-order valence-corrected chi connectivity index (χ4v) is 4.55. The number of fused-ring (bicyclic) bond motifs is 1. The Kier molecular flexibility index (Phi) is 12.8. The van der Waals surface area contributed by atoms with Crippen LogP contribution >= 0.6 is 0 Å². The van der Waals surface area contributed by atoms with Crippen LogP contribution in [-0.2, 0) is 25.7 Å². The zero-order chi connectivity index (χ0) is 28.9. The lowest BCUT2D eigenvalue weighted by Gasteiger charge is -2.53. The molecule has 11 nitrogen and oxygen atoms in total. The van der Waals surface area contributed by atoms with Gasteiger partial charge < -0.3 is 25.2 Å². The summed E-state index contributed by atoms with van der Waals surface area (Å²) >= 11 is 0. The van der Waals surface area contributed by atoms with Gasteiger partial charge in [-0.25, -0.2) is 14.2 Å². The number of benzene rings is 1. The van der Waals surface area contributed by atoms with E-state index >= 15 is 0 Å². The molecule has 2 aliphatic heterocycles. The molecule has 2 atom stereocenters. The molecule has 39 heavy (non-hydrogen) atoms. The number of carbonyl (C=O) groups excluding carboxylic acids is 4. The number of alkyl carbamates (subject to hydrolysis) is 1. The highest BCUT2D eigenvalue weighted by molar-refractivity contribution is 5.90. The van der Waals surface area contributed by atoms with E-state index in [-0.39, 0.29) is 43.2 Å². The Morgan fingerprint density at radius 2 is 1.95 bits per heavy atom. The molecule has 2 saturated heterocycles. The minimum atomic E-state index is -0.665. The predicted molar refractivity (Wildman–Crippen MR) is 144 cm³/mol. The molecule has 1 unspecified atom stereocenters. The Morgan fingerprint density at radius 3 is 2.54 bits per heavy atom. The monoisotopic (exact) mass is 548 g/mol. The standard InChI is InChI=1S/C19H31N5O5.C8H10FN/c1-5-9-29-19(28)20-8-6-7-15-18(27)22(10-14(2)3)11-16-23(13-25)21(4)12-17(26)24(15)16;1-10-6-7-2-4-8(9)5-3-7/h5,13-16H,1,6-12H2,2-4H3,(H,20,28);2-5,10H,6H2,1H3/t15-,16?;/m0./s1. The lowest BCUT2D eigenvalue weighted by molar-refractivity contribution is -0.197. The number of halogens is 1. The third-order valence-corrected chi connectivity index (χ3v) is 6.23. The van der Waals surface area contributed by atoms with Crippen LogP contribution in [0.1, 0.15) is 32.3 Å². The van der Waals surface area contributed by atoms with Gasteiger partial charge in [-0.3, -0.25) is 19.4 Å². The molecule has 3 rings (SSSR count). The van der Waals surface area contributed by atoms with E-state index in [0.29, 0.717) is 32.3 Å². The second kappa shape index (κ2) is 15.8. The van der Waals surface area contributed by atoms with Gasteiger partial charge in [0.05, 0.1) is 13.1 Å². The van der Waals surface area contributed by atoms with Crippen molar-refractivity contribution in [2.75, 3.05) is 46.9 Å². The second-order valence-corrected chi connectivity index (χ2v) is 9.85. The van der Waals surface area contributed by atoms with Crippen LogP contribution in [0.15, 0.2) is 36.9 Å². The third-order valence-electron chi connectivity index (χ3n) is 6.23. The molecule has 12 heteroatoms. The van der Waals surface area contributed by atoms with Crippen LogP contribution in [0.5, 0.6) is 0 Å². The molecule has 4 amide bonds. The van der Waals surface area contributed by atoms with Gasteiger partial charge in [0, 0.05) is 26.7 Å². The number of hydrazine groups is 1. The van der Waals surface area contributed by atoms with E-state index in [2.05, 4.69) is 17.2 Å². The van der Waals surface area contributed by atoms with Gasteiger partial charge >= 0.3 is 6.09 Å². The van der Waals surface area contributed by atoms with Crippen molar-refractivity contribution in [2.24, 2.45) is 5.92 Å². The maximum atomic E-state index is 13.1. The summed E-state index contributed by atoms with van der Waals surface area (Å²) in [6.07, 6.45) is 1.97. The first-order chi connectivity index (χ1) is 18.6. The van der Waals surface area contributed by atoms with Gasteiger partial charge in [-0.05, 0) is 43.5 Å². The largest absolute Gasteiger partial charge is 0.445 e. The summed E-state index contributed by atoms with van der Waals surface area (Å²) in [5, 5.41) is 8.64. The Morgan fingerprint density at radius 1 is 1.26 bits per heavy atom. The summed E-state index contributed by atoms with van der Waals surface area (Å²) in [4.78, 5) is 52.2. The predicted octanol–water partition coefficient (Wildman–Crippen LogP) is 1.56. The summed E-state index contributed by atoms with van der Waals surface area (Å²) in [5.41, 5.74) is 1.10. The summed E-state index contributed by atoms with van der Waals surface area (Å²) < 4.78 is 17.2. The van der Waals surface area contributed by atoms with Gasteiger partial charge in [0.2, 0.25) is 18.2 Å². The lowest BCUT2D eigenvalue weighted by Crippen LogP contribution is -2.74. The SMILES string of the molecule is C=CCOC(=O)NCCC[C@H]1C(=O)N(CC(C)C)CC2N1C(=O)CN(C)N2C=O.CNCc1ccc(F)cc1. The molecule has 1 aromatic rings. The van der Waals surface area contributed by atoms with Gasteiger partial charge in [-0.15, -0.1) is 0 Å². The van der Waals surface area contributed by atoms with Gasteiger partial charge in [0.25, 0.3) is 0 Å². The van der Waals surface area contributed by atoms with Crippen LogP contribution in [0.3, 0.4) is 0 Å². The van der Waals surface area contributed by atoms with E-state index in [1.807, 2.05) is 20.9 Å². The summed E-state index contributed by atoms with van der Waals surface area (Å²) in [6.45, 7) is 9.61.